The average molecular weight is 331 g/mol. The van der Waals surface area contributed by atoms with E-state index in [1.54, 1.807) is 0 Å². The van der Waals surface area contributed by atoms with Crippen molar-refractivity contribution in [2.45, 2.75) is 84.0 Å². The van der Waals surface area contributed by atoms with Crippen molar-refractivity contribution in [2.75, 3.05) is 0 Å². The Morgan fingerprint density at radius 2 is 1.50 bits per heavy atom. The second kappa shape index (κ2) is 13.8. The van der Waals surface area contributed by atoms with Crippen molar-refractivity contribution in [1.82, 2.24) is 0 Å². The fourth-order valence-corrected chi connectivity index (χ4v) is 2.97. The Bertz CT molecular complexity index is 462. The van der Waals surface area contributed by atoms with Gasteiger partial charge in [-0.3, -0.25) is 4.79 Å². The zero-order chi connectivity index (χ0) is 17.5. The third-order valence-electron chi connectivity index (χ3n) is 4.47. The molecule has 0 bridgehead atoms. The highest BCUT2D eigenvalue weighted by molar-refractivity contribution is 5.66. The van der Waals surface area contributed by atoms with Crippen molar-refractivity contribution in [3.05, 3.63) is 47.5 Å². The van der Waals surface area contributed by atoms with Gasteiger partial charge in [-0.1, -0.05) is 74.1 Å². The maximum absolute atomic E-state index is 10.5. The van der Waals surface area contributed by atoms with Crippen molar-refractivity contribution in [3.63, 3.8) is 0 Å². The number of aryl methyl sites for hydroxylation is 1. The summed E-state index contributed by atoms with van der Waals surface area (Å²) in [6.07, 6.45) is 15.9. The molecule has 0 amide bonds. The largest absolute Gasteiger partial charge is 0.481 e. The van der Waals surface area contributed by atoms with Gasteiger partial charge in [-0.15, -0.1) is 0 Å². The Labute approximate surface area is 148 Å². The molecule has 0 spiro atoms. The van der Waals surface area contributed by atoms with Crippen molar-refractivity contribution >= 4 is 5.97 Å². The Kier molecular flexibility index (Phi) is 11.8. The first-order valence-electron chi connectivity index (χ1n) is 9.60. The number of carboxylic acid groups (broad SMARTS) is 1. The van der Waals surface area contributed by atoms with Crippen molar-refractivity contribution in [3.8, 4) is 0 Å². The Balaban J connectivity index is 1.87. The van der Waals surface area contributed by atoms with Gasteiger partial charge in [0.2, 0.25) is 0 Å². The summed E-state index contributed by atoms with van der Waals surface area (Å²) in [5, 5.41) is 8.62. The van der Waals surface area contributed by atoms with Crippen LogP contribution >= 0.6 is 0 Å². The molecule has 0 fully saturated rings. The molecular formula is C22H34O2. The molecule has 1 aromatic carbocycles. The van der Waals surface area contributed by atoms with E-state index in [9.17, 15) is 4.79 Å². The fraction of sp³-hybridized carbons (Fsp3) is 0.591. The topological polar surface area (TPSA) is 37.3 Å². The number of unbranched alkanes of at least 4 members (excludes halogenated alkanes) is 7. The zero-order valence-electron chi connectivity index (χ0n) is 15.3. The quantitative estimate of drug-likeness (QED) is 0.310. The maximum Gasteiger partial charge on any atom is 0.303 e. The molecule has 2 nitrogen and oxygen atoms in total. The van der Waals surface area contributed by atoms with Crippen LogP contribution in [0.3, 0.4) is 0 Å². The summed E-state index contributed by atoms with van der Waals surface area (Å²) in [5.74, 6) is -0.688. The highest BCUT2D eigenvalue weighted by Crippen LogP contribution is 2.13. The van der Waals surface area contributed by atoms with Crippen LogP contribution in [0, 0.1) is 0 Å². The number of carbonyl (C=O) groups is 1. The van der Waals surface area contributed by atoms with Gasteiger partial charge in [0.25, 0.3) is 0 Å². The molecule has 0 radical (unpaired) electrons. The molecule has 0 saturated heterocycles. The van der Waals surface area contributed by atoms with Gasteiger partial charge in [-0.2, -0.15) is 0 Å². The zero-order valence-corrected chi connectivity index (χ0v) is 15.3. The van der Waals surface area contributed by atoms with Crippen LogP contribution in [0.2, 0.25) is 0 Å². The molecule has 0 atom stereocenters. The molecule has 0 aliphatic heterocycles. The summed E-state index contributed by atoms with van der Waals surface area (Å²) in [7, 11) is 0. The first kappa shape index (κ1) is 20.5. The minimum atomic E-state index is -0.688. The summed E-state index contributed by atoms with van der Waals surface area (Å²) < 4.78 is 0. The molecule has 24 heavy (non-hydrogen) atoms. The minimum Gasteiger partial charge on any atom is -0.481 e. The molecule has 134 valence electrons. The first-order valence-corrected chi connectivity index (χ1v) is 9.60. The van der Waals surface area contributed by atoms with Crippen LogP contribution in [0.5, 0.6) is 0 Å². The van der Waals surface area contributed by atoms with E-state index < -0.39 is 5.97 Å². The molecule has 2 heteroatoms. The second-order valence-electron chi connectivity index (χ2n) is 6.80. The number of allylic oxidation sites excluding steroid dienone is 2. The van der Waals surface area contributed by atoms with Crippen LogP contribution < -0.4 is 0 Å². The highest BCUT2D eigenvalue weighted by Gasteiger charge is 1.97. The van der Waals surface area contributed by atoms with E-state index in [1.165, 1.54) is 62.5 Å². The standard InChI is InChI=1S/C22H34O2/c1-20(15-13-19-22(23)24)14-9-6-4-2-3-5-7-10-16-21-17-11-8-12-18-21/h8,11-12,14,17-18H,2-7,9-10,13,15-16,19H2,1H3,(H,23,24)/b20-14+. The Hall–Kier alpha value is -1.57. The van der Waals surface area contributed by atoms with Gasteiger partial charge in [-0.05, 0) is 51.0 Å². The molecule has 0 aliphatic carbocycles. The van der Waals surface area contributed by atoms with Crippen LogP contribution in [0.4, 0.5) is 0 Å². The normalized spacial score (nSPS) is 11.6. The summed E-state index contributed by atoms with van der Waals surface area (Å²) in [6, 6.07) is 10.8. The summed E-state index contributed by atoms with van der Waals surface area (Å²) in [6.45, 7) is 2.12. The van der Waals surface area contributed by atoms with Gasteiger partial charge in [0, 0.05) is 6.42 Å². The molecule has 0 aliphatic rings. The van der Waals surface area contributed by atoms with Gasteiger partial charge < -0.3 is 5.11 Å². The summed E-state index contributed by atoms with van der Waals surface area (Å²) in [4.78, 5) is 10.5. The molecule has 1 rings (SSSR count). The molecule has 1 aromatic rings. The number of rotatable bonds is 14. The summed E-state index contributed by atoms with van der Waals surface area (Å²) in [5.41, 5.74) is 2.81. The number of hydrogen-bond acceptors (Lipinski definition) is 1. The van der Waals surface area contributed by atoms with Crippen LogP contribution in [0.1, 0.15) is 83.1 Å². The lowest BCUT2D eigenvalue weighted by molar-refractivity contribution is -0.137. The lowest BCUT2D eigenvalue weighted by Gasteiger charge is -2.03. The molecule has 0 saturated carbocycles. The van der Waals surface area contributed by atoms with Crippen molar-refractivity contribution in [1.29, 1.82) is 0 Å². The molecule has 0 heterocycles. The number of carboxylic acids is 1. The third-order valence-corrected chi connectivity index (χ3v) is 4.47. The highest BCUT2D eigenvalue weighted by atomic mass is 16.4. The smallest absolute Gasteiger partial charge is 0.303 e. The lowest BCUT2D eigenvalue weighted by atomic mass is 10.0. The second-order valence-corrected chi connectivity index (χ2v) is 6.80. The van der Waals surface area contributed by atoms with E-state index in [2.05, 4.69) is 43.3 Å². The monoisotopic (exact) mass is 330 g/mol. The summed E-state index contributed by atoms with van der Waals surface area (Å²) >= 11 is 0. The van der Waals surface area contributed by atoms with Crippen LogP contribution in [0.25, 0.3) is 0 Å². The molecule has 0 aromatic heterocycles. The van der Waals surface area contributed by atoms with Gasteiger partial charge in [0.1, 0.15) is 0 Å². The average Bonchev–Trinajstić information content (AvgIpc) is 2.57. The molecule has 1 N–H and O–H groups in total. The number of benzene rings is 1. The van der Waals surface area contributed by atoms with Crippen LogP contribution in [0.15, 0.2) is 42.0 Å². The SMILES string of the molecule is C/C(=C\CCCCCCCCCc1ccccc1)CCCC(=O)O. The number of aliphatic carboxylic acids is 1. The van der Waals surface area contributed by atoms with Gasteiger partial charge in [0.15, 0.2) is 0 Å². The first-order chi connectivity index (χ1) is 11.7. The van der Waals surface area contributed by atoms with Gasteiger partial charge >= 0.3 is 5.97 Å². The van der Waals surface area contributed by atoms with E-state index in [0.29, 0.717) is 0 Å². The van der Waals surface area contributed by atoms with E-state index in [4.69, 9.17) is 5.11 Å². The minimum absolute atomic E-state index is 0.287. The van der Waals surface area contributed by atoms with Crippen molar-refractivity contribution < 1.29 is 9.90 Å². The lowest BCUT2D eigenvalue weighted by Crippen LogP contribution is -1.93. The van der Waals surface area contributed by atoms with Gasteiger partial charge in [0.05, 0.1) is 0 Å². The van der Waals surface area contributed by atoms with Crippen LogP contribution in [-0.4, -0.2) is 11.1 Å². The van der Waals surface area contributed by atoms with E-state index >= 15 is 0 Å². The molecule has 0 unspecified atom stereocenters. The predicted molar refractivity (Wildman–Crippen MR) is 102 cm³/mol. The van der Waals surface area contributed by atoms with E-state index in [-0.39, 0.29) is 6.42 Å². The van der Waals surface area contributed by atoms with Gasteiger partial charge in [-0.25, -0.2) is 0 Å². The van der Waals surface area contributed by atoms with E-state index in [1.807, 2.05) is 0 Å². The predicted octanol–water partition coefficient (Wildman–Crippen LogP) is 6.55. The Morgan fingerprint density at radius 3 is 2.17 bits per heavy atom. The Morgan fingerprint density at radius 1 is 0.875 bits per heavy atom. The third kappa shape index (κ3) is 11.9. The fourth-order valence-electron chi connectivity index (χ4n) is 2.97. The maximum atomic E-state index is 10.5. The molecular weight excluding hydrogens is 296 g/mol. The van der Waals surface area contributed by atoms with E-state index in [0.717, 1.165) is 19.3 Å². The number of hydrogen-bond donors (Lipinski definition) is 1. The van der Waals surface area contributed by atoms with Crippen LogP contribution in [-0.2, 0) is 11.2 Å². The van der Waals surface area contributed by atoms with Crippen molar-refractivity contribution in [2.24, 2.45) is 0 Å².